The standard InChI is InChI=1S/C20H24FN3O2/c1-14-7-6-10-18(15(14)2)23-19(25)13-24(3)20(26)22-12-11-16-8-4-5-9-17(16)21/h4-10H,11-13H2,1-3H3,(H,22,26)(H,23,25). The molecule has 2 N–H and O–H groups in total. The highest BCUT2D eigenvalue weighted by Gasteiger charge is 2.13. The Balaban J connectivity index is 1.80. The van der Waals surface area contributed by atoms with E-state index in [1.54, 1.807) is 25.2 Å². The van der Waals surface area contributed by atoms with Crippen LogP contribution in [0.4, 0.5) is 14.9 Å². The minimum absolute atomic E-state index is 0.0705. The third kappa shape index (κ3) is 5.31. The second-order valence-corrected chi connectivity index (χ2v) is 6.23. The average Bonchev–Trinajstić information content (AvgIpc) is 2.60. The number of nitrogens with one attached hydrogen (secondary N) is 2. The third-order valence-corrected chi connectivity index (χ3v) is 4.23. The summed E-state index contributed by atoms with van der Waals surface area (Å²) < 4.78 is 13.5. The van der Waals surface area contributed by atoms with Crippen LogP contribution in [0.5, 0.6) is 0 Å². The molecule has 0 aromatic heterocycles. The molecule has 0 aliphatic carbocycles. The number of hydrogen-bond donors (Lipinski definition) is 2. The lowest BCUT2D eigenvalue weighted by molar-refractivity contribution is -0.116. The smallest absolute Gasteiger partial charge is 0.317 e. The molecule has 0 aliphatic heterocycles. The van der Waals surface area contributed by atoms with Crippen molar-refractivity contribution in [1.29, 1.82) is 0 Å². The summed E-state index contributed by atoms with van der Waals surface area (Å²) in [4.78, 5) is 25.5. The quantitative estimate of drug-likeness (QED) is 0.834. The summed E-state index contributed by atoms with van der Waals surface area (Å²) in [5, 5.41) is 5.50. The fraction of sp³-hybridized carbons (Fsp3) is 0.300. The second kappa shape index (κ2) is 8.99. The number of halogens is 1. The molecule has 3 amide bonds. The largest absolute Gasteiger partial charge is 0.338 e. The number of benzene rings is 2. The summed E-state index contributed by atoms with van der Waals surface area (Å²) in [5.41, 5.74) is 3.37. The minimum atomic E-state index is -0.377. The number of hydrogen-bond acceptors (Lipinski definition) is 2. The van der Waals surface area contributed by atoms with Gasteiger partial charge < -0.3 is 15.5 Å². The summed E-state index contributed by atoms with van der Waals surface area (Å²) in [6.45, 7) is 4.13. The highest BCUT2D eigenvalue weighted by molar-refractivity contribution is 5.95. The van der Waals surface area contributed by atoms with Crippen LogP contribution in [0.2, 0.25) is 0 Å². The lowest BCUT2D eigenvalue weighted by Gasteiger charge is -2.18. The molecule has 0 atom stereocenters. The number of likely N-dealkylation sites (N-methyl/N-ethyl adjacent to an activating group) is 1. The molecule has 0 saturated heterocycles. The van der Waals surface area contributed by atoms with E-state index in [0.717, 1.165) is 16.8 Å². The first-order chi connectivity index (χ1) is 12.4. The molecule has 0 bridgehead atoms. The van der Waals surface area contributed by atoms with Crippen molar-refractivity contribution in [3.05, 3.63) is 65.0 Å². The Morgan fingerprint density at radius 1 is 1.08 bits per heavy atom. The number of carbonyl (C=O) groups is 2. The molecule has 26 heavy (non-hydrogen) atoms. The first-order valence-corrected chi connectivity index (χ1v) is 8.47. The van der Waals surface area contributed by atoms with Gasteiger partial charge in [-0.15, -0.1) is 0 Å². The van der Waals surface area contributed by atoms with E-state index in [-0.39, 0.29) is 24.3 Å². The summed E-state index contributed by atoms with van der Waals surface area (Å²) in [6.07, 6.45) is 0.390. The third-order valence-electron chi connectivity index (χ3n) is 4.23. The molecule has 2 aromatic carbocycles. The van der Waals surface area contributed by atoms with E-state index in [4.69, 9.17) is 0 Å². The Labute approximate surface area is 153 Å². The van der Waals surface area contributed by atoms with E-state index in [0.29, 0.717) is 18.5 Å². The van der Waals surface area contributed by atoms with E-state index in [1.807, 2.05) is 32.0 Å². The first-order valence-electron chi connectivity index (χ1n) is 8.47. The predicted octanol–water partition coefficient (Wildman–Crippen LogP) is 3.27. The van der Waals surface area contributed by atoms with Gasteiger partial charge in [-0.3, -0.25) is 4.79 Å². The molecule has 5 nitrogen and oxygen atoms in total. The second-order valence-electron chi connectivity index (χ2n) is 6.23. The van der Waals surface area contributed by atoms with Gasteiger partial charge in [-0.2, -0.15) is 0 Å². The van der Waals surface area contributed by atoms with Crippen LogP contribution in [0, 0.1) is 19.7 Å². The van der Waals surface area contributed by atoms with E-state index in [1.165, 1.54) is 11.0 Å². The van der Waals surface area contributed by atoms with Crippen molar-refractivity contribution < 1.29 is 14.0 Å². The van der Waals surface area contributed by atoms with Crippen molar-refractivity contribution in [3.8, 4) is 0 Å². The molecule has 2 aromatic rings. The van der Waals surface area contributed by atoms with Crippen LogP contribution in [-0.2, 0) is 11.2 Å². The predicted molar refractivity (Wildman–Crippen MR) is 101 cm³/mol. The maximum atomic E-state index is 13.5. The van der Waals surface area contributed by atoms with Gasteiger partial charge in [0.25, 0.3) is 0 Å². The van der Waals surface area contributed by atoms with Crippen molar-refractivity contribution >= 4 is 17.6 Å². The minimum Gasteiger partial charge on any atom is -0.338 e. The van der Waals surface area contributed by atoms with Crippen molar-refractivity contribution in [1.82, 2.24) is 10.2 Å². The zero-order valence-corrected chi connectivity index (χ0v) is 15.3. The molecule has 0 saturated carbocycles. The van der Waals surface area contributed by atoms with Gasteiger partial charge in [0.15, 0.2) is 0 Å². The molecule has 0 heterocycles. The van der Waals surface area contributed by atoms with Crippen molar-refractivity contribution in [3.63, 3.8) is 0 Å². The van der Waals surface area contributed by atoms with Crippen LogP contribution in [0.15, 0.2) is 42.5 Å². The molecular formula is C20H24FN3O2. The zero-order valence-electron chi connectivity index (χ0n) is 15.3. The molecular weight excluding hydrogens is 333 g/mol. The highest BCUT2D eigenvalue weighted by Crippen LogP contribution is 2.17. The Morgan fingerprint density at radius 2 is 1.81 bits per heavy atom. The topological polar surface area (TPSA) is 61.4 Å². The number of rotatable bonds is 6. The van der Waals surface area contributed by atoms with E-state index >= 15 is 0 Å². The average molecular weight is 357 g/mol. The summed E-state index contributed by atoms with van der Waals surface area (Å²) in [7, 11) is 1.54. The first kappa shape index (κ1) is 19.4. The van der Waals surface area contributed by atoms with Gasteiger partial charge in [-0.25, -0.2) is 9.18 Å². The molecule has 138 valence electrons. The monoisotopic (exact) mass is 357 g/mol. The van der Waals surface area contributed by atoms with E-state index < -0.39 is 0 Å². The van der Waals surface area contributed by atoms with Crippen molar-refractivity contribution in [2.45, 2.75) is 20.3 Å². The maximum Gasteiger partial charge on any atom is 0.317 e. The highest BCUT2D eigenvalue weighted by atomic mass is 19.1. The fourth-order valence-electron chi connectivity index (χ4n) is 2.50. The van der Waals surface area contributed by atoms with Crippen LogP contribution in [-0.4, -0.2) is 37.0 Å². The molecule has 0 fully saturated rings. The molecule has 0 radical (unpaired) electrons. The summed E-state index contributed by atoms with van der Waals surface area (Å²) >= 11 is 0. The van der Waals surface area contributed by atoms with Crippen molar-refractivity contribution in [2.75, 3.05) is 25.5 Å². The van der Waals surface area contributed by atoms with Crippen molar-refractivity contribution in [2.24, 2.45) is 0 Å². The number of anilines is 1. The fourth-order valence-corrected chi connectivity index (χ4v) is 2.50. The normalized spacial score (nSPS) is 10.3. The van der Waals surface area contributed by atoms with Gasteiger partial charge in [-0.05, 0) is 49.1 Å². The number of urea groups is 1. The molecule has 0 aliphatic rings. The van der Waals surface area contributed by atoms with Gasteiger partial charge in [0.2, 0.25) is 5.91 Å². The Morgan fingerprint density at radius 3 is 2.54 bits per heavy atom. The maximum absolute atomic E-state index is 13.5. The molecule has 6 heteroatoms. The number of aryl methyl sites for hydroxylation is 1. The van der Waals surface area contributed by atoms with Gasteiger partial charge >= 0.3 is 6.03 Å². The molecule has 0 unspecified atom stereocenters. The van der Waals surface area contributed by atoms with Crippen LogP contribution < -0.4 is 10.6 Å². The molecule has 2 rings (SSSR count). The van der Waals surface area contributed by atoms with Crippen LogP contribution >= 0.6 is 0 Å². The number of nitrogens with zero attached hydrogens (tertiary/aromatic N) is 1. The van der Waals surface area contributed by atoms with Crippen LogP contribution in [0.25, 0.3) is 0 Å². The number of carbonyl (C=O) groups excluding carboxylic acids is 2. The van der Waals surface area contributed by atoms with Crippen LogP contribution in [0.1, 0.15) is 16.7 Å². The lowest BCUT2D eigenvalue weighted by Crippen LogP contribution is -2.42. The van der Waals surface area contributed by atoms with Gasteiger partial charge in [0.05, 0.1) is 0 Å². The van der Waals surface area contributed by atoms with Gasteiger partial charge in [0.1, 0.15) is 12.4 Å². The summed E-state index contributed by atoms with van der Waals surface area (Å²) in [6, 6.07) is 11.7. The van der Waals surface area contributed by atoms with Crippen LogP contribution in [0.3, 0.4) is 0 Å². The van der Waals surface area contributed by atoms with Gasteiger partial charge in [0, 0.05) is 19.3 Å². The van der Waals surface area contributed by atoms with E-state index in [9.17, 15) is 14.0 Å². The Kier molecular flexibility index (Phi) is 6.72. The lowest BCUT2D eigenvalue weighted by atomic mass is 10.1. The Bertz CT molecular complexity index is 792. The summed E-state index contributed by atoms with van der Waals surface area (Å²) in [5.74, 6) is -0.562. The Hall–Kier alpha value is -2.89. The number of amides is 3. The SMILES string of the molecule is Cc1cccc(NC(=O)CN(C)C(=O)NCCc2ccccc2F)c1C. The molecule has 0 spiro atoms. The zero-order chi connectivity index (χ0) is 19.1. The van der Waals surface area contributed by atoms with Gasteiger partial charge in [-0.1, -0.05) is 30.3 Å². The van der Waals surface area contributed by atoms with E-state index in [2.05, 4.69) is 10.6 Å².